The maximum atomic E-state index is 13.8. The molecule has 2 aromatic carbocycles. The Morgan fingerprint density at radius 2 is 1.76 bits per heavy atom. The molecule has 0 aliphatic heterocycles. The number of nitrogens with zero attached hydrogens (tertiary/aromatic N) is 5. The highest BCUT2D eigenvalue weighted by molar-refractivity contribution is 5.87. The van der Waals surface area contributed by atoms with Gasteiger partial charge < -0.3 is 5.11 Å². The molecule has 0 radical (unpaired) electrons. The molecule has 0 unspecified atom stereocenters. The molecular formula is C29H34N6O3. The molecule has 2 aromatic heterocycles. The number of H-pyrrole nitrogens is 1. The summed E-state index contributed by atoms with van der Waals surface area (Å²) in [4.78, 5) is 26.3. The van der Waals surface area contributed by atoms with Gasteiger partial charge in [-0.25, -0.2) is 9.59 Å². The number of nitrogens with one attached hydrogen (secondary N) is 1. The van der Waals surface area contributed by atoms with E-state index in [1.165, 1.54) is 0 Å². The maximum Gasteiger partial charge on any atom is 0.354 e. The van der Waals surface area contributed by atoms with E-state index >= 15 is 0 Å². The number of aromatic amines is 1. The first-order valence-electron chi connectivity index (χ1n) is 13.4. The van der Waals surface area contributed by atoms with E-state index in [0.717, 1.165) is 60.8 Å². The largest absolute Gasteiger partial charge is 0.477 e. The number of carbonyl (C=O) groups is 1. The fraction of sp³-hybridized carbons (Fsp3) is 0.414. The average molecular weight is 515 g/mol. The molecule has 0 amide bonds. The molecule has 0 spiro atoms. The lowest BCUT2D eigenvalue weighted by Gasteiger charge is -2.23. The fourth-order valence-corrected chi connectivity index (χ4v) is 5.53. The van der Waals surface area contributed by atoms with Crippen LogP contribution in [0.5, 0.6) is 0 Å². The van der Waals surface area contributed by atoms with Gasteiger partial charge in [-0.05, 0) is 53.5 Å². The predicted octanol–water partition coefficient (Wildman–Crippen LogP) is 5.34. The third kappa shape index (κ3) is 5.18. The van der Waals surface area contributed by atoms with Gasteiger partial charge in [0.25, 0.3) is 0 Å². The van der Waals surface area contributed by atoms with Gasteiger partial charge in [0.2, 0.25) is 5.82 Å². The van der Waals surface area contributed by atoms with Gasteiger partial charge in [-0.2, -0.15) is 5.21 Å². The number of hydrogen-bond donors (Lipinski definition) is 2. The third-order valence-corrected chi connectivity index (χ3v) is 7.50. The molecule has 1 aliphatic carbocycles. The minimum absolute atomic E-state index is 0.0505. The van der Waals surface area contributed by atoms with Crippen LogP contribution in [-0.4, -0.2) is 40.8 Å². The number of tetrazole rings is 1. The van der Waals surface area contributed by atoms with Crippen LogP contribution in [0.4, 0.5) is 0 Å². The molecule has 2 heterocycles. The van der Waals surface area contributed by atoms with Crippen molar-refractivity contribution in [1.29, 1.82) is 0 Å². The van der Waals surface area contributed by atoms with Crippen LogP contribution >= 0.6 is 0 Å². The Morgan fingerprint density at radius 1 is 1.05 bits per heavy atom. The zero-order valence-electron chi connectivity index (χ0n) is 21.9. The number of aromatic carboxylic acids is 1. The van der Waals surface area contributed by atoms with E-state index in [1.807, 2.05) is 48.5 Å². The lowest BCUT2D eigenvalue weighted by molar-refractivity contribution is 0.0678. The summed E-state index contributed by atoms with van der Waals surface area (Å²) in [5, 5.41) is 24.7. The zero-order chi connectivity index (χ0) is 26.6. The molecule has 9 heteroatoms. The van der Waals surface area contributed by atoms with Crippen LogP contribution in [0.25, 0.3) is 22.5 Å². The van der Waals surface area contributed by atoms with Gasteiger partial charge in [-0.3, -0.25) is 9.13 Å². The maximum absolute atomic E-state index is 13.8. The minimum Gasteiger partial charge on any atom is -0.477 e. The van der Waals surface area contributed by atoms with E-state index in [2.05, 4.69) is 34.5 Å². The van der Waals surface area contributed by atoms with Crippen molar-refractivity contribution in [1.82, 2.24) is 29.8 Å². The van der Waals surface area contributed by atoms with Crippen molar-refractivity contribution in [3.63, 3.8) is 0 Å². The van der Waals surface area contributed by atoms with Crippen molar-refractivity contribution in [2.45, 2.75) is 71.4 Å². The first-order chi connectivity index (χ1) is 18.4. The van der Waals surface area contributed by atoms with Gasteiger partial charge >= 0.3 is 11.7 Å². The summed E-state index contributed by atoms with van der Waals surface area (Å²) in [5.41, 5.74) is 4.38. The molecule has 198 valence electrons. The number of rotatable bonds is 9. The Balaban J connectivity index is 1.51. The van der Waals surface area contributed by atoms with Gasteiger partial charge in [0.15, 0.2) is 5.69 Å². The molecule has 0 bridgehead atoms. The normalized spacial score (nSPS) is 14.3. The quantitative estimate of drug-likeness (QED) is 0.311. The molecule has 9 nitrogen and oxygen atoms in total. The first-order valence-corrected chi connectivity index (χ1v) is 13.4. The van der Waals surface area contributed by atoms with E-state index in [9.17, 15) is 14.7 Å². The second-order valence-electron chi connectivity index (χ2n) is 10.5. The van der Waals surface area contributed by atoms with Crippen LogP contribution in [0.15, 0.2) is 53.3 Å². The highest BCUT2D eigenvalue weighted by atomic mass is 16.4. The molecule has 38 heavy (non-hydrogen) atoms. The highest BCUT2D eigenvalue weighted by Gasteiger charge is 2.30. The number of imidazole rings is 1. The van der Waals surface area contributed by atoms with Crippen LogP contribution in [0, 0.1) is 5.92 Å². The monoisotopic (exact) mass is 514 g/mol. The Bertz CT molecular complexity index is 1440. The fourth-order valence-electron chi connectivity index (χ4n) is 5.53. The number of aromatic nitrogens is 6. The third-order valence-electron chi connectivity index (χ3n) is 7.50. The highest BCUT2D eigenvalue weighted by Crippen LogP contribution is 2.31. The van der Waals surface area contributed by atoms with E-state index < -0.39 is 5.97 Å². The zero-order valence-corrected chi connectivity index (χ0v) is 21.9. The van der Waals surface area contributed by atoms with Crippen LogP contribution < -0.4 is 5.69 Å². The molecule has 0 saturated heterocycles. The second-order valence-corrected chi connectivity index (χ2v) is 10.5. The smallest absolute Gasteiger partial charge is 0.354 e. The summed E-state index contributed by atoms with van der Waals surface area (Å²) in [5.74, 6) is -0.0911. The predicted molar refractivity (Wildman–Crippen MR) is 145 cm³/mol. The Labute approximate surface area is 221 Å². The average Bonchev–Trinajstić information content (AvgIpc) is 3.56. The Kier molecular flexibility index (Phi) is 7.53. The summed E-state index contributed by atoms with van der Waals surface area (Å²) in [6.45, 7) is 4.57. The number of benzene rings is 2. The number of carboxylic acids is 1. The molecule has 1 saturated carbocycles. The van der Waals surface area contributed by atoms with E-state index in [0.29, 0.717) is 30.4 Å². The SMILES string of the molecule is CC(C)CCc1c(C(=O)O)n(C2CCCCC2)c(=O)n1Cc1ccc(-c2ccccc2-c2nn[nH]n2)cc1. The van der Waals surface area contributed by atoms with Crippen molar-refractivity contribution >= 4 is 5.97 Å². The van der Waals surface area contributed by atoms with Gasteiger partial charge in [-0.1, -0.05) is 81.6 Å². The number of hydrogen-bond acceptors (Lipinski definition) is 5. The molecule has 1 fully saturated rings. The lowest BCUT2D eigenvalue weighted by atomic mass is 9.95. The second kappa shape index (κ2) is 11.2. The summed E-state index contributed by atoms with van der Waals surface area (Å²) >= 11 is 0. The van der Waals surface area contributed by atoms with Crippen molar-refractivity contribution < 1.29 is 9.90 Å². The minimum atomic E-state index is -1.02. The van der Waals surface area contributed by atoms with Gasteiger partial charge in [0.1, 0.15) is 0 Å². The van der Waals surface area contributed by atoms with Gasteiger partial charge in [0.05, 0.1) is 12.2 Å². The topological polar surface area (TPSA) is 119 Å². The lowest BCUT2D eigenvalue weighted by Crippen LogP contribution is -2.30. The van der Waals surface area contributed by atoms with Gasteiger partial charge in [0, 0.05) is 11.6 Å². The van der Waals surface area contributed by atoms with E-state index in [4.69, 9.17) is 0 Å². The van der Waals surface area contributed by atoms with Crippen LogP contribution in [-0.2, 0) is 13.0 Å². The Hall–Kier alpha value is -4.01. The van der Waals surface area contributed by atoms with Gasteiger partial charge in [-0.15, -0.1) is 10.2 Å². The van der Waals surface area contributed by atoms with Crippen molar-refractivity contribution in [3.8, 4) is 22.5 Å². The molecule has 0 atom stereocenters. The van der Waals surface area contributed by atoms with Crippen molar-refractivity contribution in [2.24, 2.45) is 5.92 Å². The summed E-state index contributed by atoms with van der Waals surface area (Å²) in [6, 6.07) is 15.9. The van der Waals surface area contributed by atoms with E-state index in [-0.39, 0.29) is 17.4 Å². The molecular weight excluding hydrogens is 480 g/mol. The first kappa shape index (κ1) is 25.6. The van der Waals surface area contributed by atoms with Crippen LogP contribution in [0.2, 0.25) is 0 Å². The van der Waals surface area contributed by atoms with Crippen molar-refractivity contribution in [3.05, 3.63) is 76.0 Å². The summed E-state index contributed by atoms with van der Waals surface area (Å²) in [7, 11) is 0. The number of carboxylic acid groups (broad SMARTS) is 1. The molecule has 5 rings (SSSR count). The van der Waals surface area contributed by atoms with Crippen molar-refractivity contribution in [2.75, 3.05) is 0 Å². The van der Waals surface area contributed by atoms with Crippen LogP contribution in [0.3, 0.4) is 0 Å². The standard InChI is InChI=1S/C29H34N6O3/c1-19(2)12-17-25-26(28(36)37)35(22-8-4-3-5-9-22)29(38)34(25)18-20-13-15-21(16-14-20)23-10-6-7-11-24(23)27-30-32-33-31-27/h6-7,10-11,13-16,19,22H,3-5,8-9,12,17-18H2,1-2H3,(H,36,37)(H,30,31,32,33). The summed E-state index contributed by atoms with van der Waals surface area (Å²) < 4.78 is 3.29. The summed E-state index contributed by atoms with van der Waals surface area (Å²) in [6.07, 6.45) is 6.26. The molecule has 4 aromatic rings. The van der Waals surface area contributed by atoms with Crippen LogP contribution in [0.1, 0.15) is 80.2 Å². The van der Waals surface area contributed by atoms with E-state index in [1.54, 1.807) is 9.13 Å². The molecule has 2 N–H and O–H groups in total. The Morgan fingerprint density at radius 3 is 2.39 bits per heavy atom. The molecule has 1 aliphatic rings.